The summed E-state index contributed by atoms with van der Waals surface area (Å²) in [7, 11) is 0. The molecule has 0 atom stereocenters. The fourth-order valence-electron chi connectivity index (χ4n) is 4.83. The molecule has 0 amide bonds. The van der Waals surface area contributed by atoms with E-state index in [1.54, 1.807) is 36.4 Å². The van der Waals surface area contributed by atoms with Crippen LogP contribution in [0.4, 0.5) is 0 Å². The molecule has 0 aliphatic rings. The zero-order chi connectivity index (χ0) is 29.5. The van der Waals surface area contributed by atoms with Crippen molar-refractivity contribution in [3.8, 4) is 28.7 Å². The van der Waals surface area contributed by atoms with E-state index in [4.69, 9.17) is 13.6 Å². The highest BCUT2D eigenvalue weighted by molar-refractivity contribution is 5.92. The second kappa shape index (κ2) is 10.2. The predicted octanol–water partition coefficient (Wildman–Crippen LogP) is 5.12. The number of hydrogen-bond acceptors (Lipinski definition) is 10. The fraction of sp³-hybridized carbons (Fsp3) is 0.0312. The number of carbonyl (C=O) groups is 1. The number of ether oxygens (including phenoxy) is 1. The van der Waals surface area contributed by atoms with E-state index in [1.165, 1.54) is 42.5 Å². The van der Waals surface area contributed by atoms with Crippen molar-refractivity contribution in [3.63, 3.8) is 0 Å². The number of phenols is 2. The van der Waals surface area contributed by atoms with Crippen LogP contribution >= 0.6 is 0 Å². The first-order chi connectivity index (χ1) is 20.2. The van der Waals surface area contributed by atoms with Crippen molar-refractivity contribution in [2.24, 2.45) is 0 Å². The number of carbonyl (C=O) groups excluding carboxylic acids is 1. The minimum absolute atomic E-state index is 0.0235. The molecule has 10 nitrogen and oxygen atoms in total. The Labute approximate surface area is 235 Å². The Kier molecular flexibility index (Phi) is 6.35. The Hall–Kier alpha value is -6.03. The van der Waals surface area contributed by atoms with Crippen molar-refractivity contribution in [1.82, 2.24) is 0 Å². The number of hydrogen-bond donors (Lipinski definition) is 4. The van der Waals surface area contributed by atoms with E-state index in [9.17, 15) is 34.8 Å². The van der Waals surface area contributed by atoms with Gasteiger partial charge in [-0.1, -0.05) is 36.4 Å². The van der Waals surface area contributed by atoms with Gasteiger partial charge in [-0.3, -0.25) is 0 Å². The summed E-state index contributed by atoms with van der Waals surface area (Å²) < 4.78 is 16.3. The van der Waals surface area contributed by atoms with Crippen molar-refractivity contribution in [1.29, 1.82) is 0 Å². The Bertz CT molecular complexity index is 2020. The molecule has 2 heterocycles. The van der Waals surface area contributed by atoms with Gasteiger partial charge in [-0.25, -0.2) is 14.4 Å². The van der Waals surface area contributed by atoms with Gasteiger partial charge < -0.3 is 34.0 Å². The van der Waals surface area contributed by atoms with Gasteiger partial charge in [-0.05, 0) is 60.2 Å². The average Bonchev–Trinajstić information content (AvgIpc) is 2.98. The third-order valence-electron chi connectivity index (χ3n) is 6.85. The maximum absolute atomic E-state index is 13.3. The first-order valence-electron chi connectivity index (χ1n) is 12.6. The Morgan fingerprint density at radius 3 is 1.69 bits per heavy atom. The molecule has 10 heteroatoms. The summed E-state index contributed by atoms with van der Waals surface area (Å²) in [5, 5.41) is 42.2. The van der Waals surface area contributed by atoms with Gasteiger partial charge >= 0.3 is 17.2 Å². The van der Waals surface area contributed by atoms with Crippen LogP contribution in [0, 0.1) is 0 Å². The Morgan fingerprint density at radius 2 is 1.17 bits per heavy atom. The van der Waals surface area contributed by atoms with Gasteiger partial charge in [0.05, 0.1) is 33.4 Å². The summed E-state index contributed by atoms with van der Waals surface area (Å²) in [6, 6.07) is 21.8. The fourth-order valence-corrected chi connectivity index (χ4v) is 4.83. The molecule has 208 valence electrons. The van der Waals surface area contributed by atoms with Crippen molar-refractivity contribution < 1.29 is 38.8 Å². The number of rotatable bonds is 5. The molecule has 0 radical (unpaired) electrons. The molecule has 6 rings (SSSR count). The zero-order valence-corrected chi connectivity index (χ0v) is 21.5. The quantitative estimate of drug-likeness (QED) is 0.0954. The van der Waals surface area contributed by atoms with E-state index < -0.39 is 46.1 Å². The molecule has 0 spiro atoms. The molecule has 0 fully saturated rings. The number of para-hydroxylation sites is 2. The Morgan fingerprint density at radius 1 is 0.643 bits per heavy atom. The zero-order valence-electron chi connectivity index (χ0n) is 21.5. The van der Waals surface area contributed by atoms with Gasteiger partial charge in [0, 0.05) is 0 Å². The smallest absolute Gasteiger partial charge is 0.344 e. The third-order valence-corrected chi connectivity index (χ3v) is 6.85. The number of benzene rings is 4. The van der Waals surface area contributed by atoms with Crippen molar-refractivity contribution >= 4 is 27.9 Å². The molecular formula is C32H20O10. The third kappa shape index (κ3) is 4.46. The van der Waals surface area contributed by atoms with Crippen LogP contribution in [0.25, 0.3) is 21.9 Å². The van der Waals surface area contributed by atoms with Crippen LogP contribution in [0.15, 0.2) is 109 Å². The minimum atomic E-state index is -1.36. The number of phenolic OH excluding ortho intramolecular Hbond substituents is 2. The second-order valence-corrected chi connectivity index (χ2v) is 9.39. The van der Waals surface area contributed by atoms with Gasteiger partial charge in [0.2, 0.25) is 0 Å². The van der Waals surface area contributed by atoms with E-state index in [0.29, 0.717) is 0 Å². The number of aromatic hydroxyl groups is 4. The largest absolute Gasteiger partial charge is 0.507 e. The maximum Gasteiger partial charge on any atom is 0.344 e. The van der Waals surface area contributed by atoms with Crippen LogP contribution in [0.2, 0.25) is 0 Å². The number of fused-ring (bicyclic) bond motifs is 2. The predicted molar refractivity (Wildman–Crippen MR) is 150 cm³/mol. The lowest BCUT2D eigenvalue weighted by atomic mass is 9.84. The van der Waals surface area contributed by atoms with Gasteiger partial charge in [0.25, 0.3) is 0 Å². The van der Waals surface area contributed by atoms with Crippen LogP contribution in [-0.4, -0.2) is 26.4 Å². The molecule has 0 bridgehead atoms. The molecule has 4 aromatic carbocycles. The lowest BCUT2D eigenvalue weighted by Gasteiger charge is -2.20. The molecular weight excluding hydrogens is 544 g/mol. The van der Waals surface area contributed by atoms with Crippen LogP contribution in [0.3, 0.4) is 0 Å². The standard InChI is InChI=1S/C32H20O10/c33-21-14-11-17(15-22(21)34)30(37)40-18-12-9-16(10-13-18)25(26-28(35)19-5-1-3-7-23(19)41-31(26)38)27-29(36)20-6-2-4-8-24(20)42-32(27)39/h1-15,25,33-36H. The van der Waals surface area contributed by atoms with Gasteiger partial charge in [0.1, 0.15) is 28.4 Å². The molecule has 6 aromatic rings. The highest BCUT2D eigenvalue weighted by Gasteiger charge is 2.32. The number of esters is 1. The van der Waals surface area contributed by atoms with Gasteiger partial charge in [0.15, 0.2) is 11.5 Å². The Balaban J connectivity index is 1.50. The minimum Gasteiger partial charge on any atom is -0.507 e. The topological polar surface area (TPSA) is 168 Å². The maximum atomic E-state index is 13.3. The van der Waals surface area contributed by atoms with E-state index in [0.717, 1.165) is 12.1 Å². The van der Waals surface area contributed by atoms with Crippen LogP contribution < -0.4 is 16.0 Å². The van der Waals surface area contributed by atoms with E-state index in [2.05, 4.69) is 0 Å². The van der Waals surface area contributed by atoms with E-state index in [-0.39, 0.29) is 49.9 Å². The lowest BCUT2D eigenvalue weighted by Crippen LogP contribution is -2.21. The molecule has 0 aliphatic carbocycles. The van der Waals surface area contributed by atoms with E-state index in [1.807, 2.05) is 0 Å². The molecule has 0 aliphatic heterocycles. The van der Waals surface area contributed by atoms with Crippen molar-refractivity contribution in [2.75, 3.05) is 0 Å². The van der Waals surface area contributed by atoms with Crippen molar-refractivity contribution in [2.45, 2.75) is 5.92 Å². The monoisotopic (exact) mass is 564 g/mol. The van der Waals surface area contributed by atoms with Crippen LogP contribution in [-0.2, 0) is 0 Å². The van der Waals surface area contributed by atoms with Crippen LogP contribution in [0.1, 0.15) is 33.0 Å². The first-order valence-corrected chi connectivity index (χ1v) is 12.6. The summed E-state index contributed by atoms with van der Waals surface area (Å²) in [6.07, 6.45) is 0. The molecule has 42 heavy (non-hydrogen) atoms. The molecule has 0 saturated heterocycles. The summed E-state index contributed by atoms with van der Waals surface area (Å²) in [6.45, 7) is 0. The summed E-state index contributed by atoms with van der Waals surface area (Å²) in [4.78, 5) is 39.2. The molecule has 4 N–H and O–H groups in total. The van der Waals surface area contributed by atoms with Gasteiger partial charge in [-0.15, -0.1) is 0 Å². The summed E-state index contributed by atoms with van der Waals surface area (Å²) in [5.41, 5.74) is -2.01. The highest BCUT2D eigenvalue weighted by atomic mass is 16.5. The average molecular weight is 565 g/mol. The SMILES string of the molecule is O=C(Oc1ccc(C(c2c(O)c3ccccc3oc2=O)c2c(O)c3ccccc3oc2=O)cc1)c1ccc(O)c(O)c1. The first kappa shape index (κ1) is 26.2. The summed E-state index contributed by atoms with van der Waals surface area (Å²) in [5.74, 6) is -3.89. The molecule has 0 saturated carbocycles. The molecule has 0 unspecified atom stereocenters. The molecule has 2 aromatic heterocycles. The summed E-state index contributed by atoms with van der Waals surface area (Å²) >= 11 is 0. The van der Waals surface area contributed by atoms with Crippen molar-refractivity contribution in [3.05, 3.63) is 134 Å². The van der Waals surface area contributed by atoms with Gasteiger partial charge in [-0.2, -0.15) is 0 Å². The normalized spacial score (nSPS) is 11.3. The van der Waals surface area contributed by atoms with E-state index >= 15 is 0 Å². The second-order valence-electron chi connectivity index (χ2n) is 9.39. The van der Waals surface area contributed by atoms with Crippen LogP contribution in [0.5, 0.6) is 28.7 Å². The highest BCUT2D eigenvalue weighted by Crippen LogP contribution is 2.42. The lowest BCUT2D eigenvalue weighted by molar-refractivity contribution is 0.0734.